The van der Waals surface area contributed by atoms with Gasteiger partial charge in [-0.1, -0.05) is 24.3 Å². The molecule has 1 aliphatic heterocycles. The molecule has 2 aromatic carbocycles. The molecule has 0 radical (unpaired) electrons. The minimum Gasteiger partial charge on any atom is -0.493 e. The molecule has 0 saturated carbocycles. The van der Waals surface area contributed by atoms with Gasteiger partial charge in [0.25, 0.3) is 5.91 Å². The molecule has 1 fully saturated rings. The van der Waals surface area contributed by atoms with Gasteiger partial charge in [-0.25, -0.2) is 14.0 Å². The summed E-state index contributed by atoms with van der Waals surface area (Å²) in [4.78, 5) is 36.7. The number of aliphatic carboxylic acids is 1. The van der Waals surface area contributed by atoms with Gasteiger partial charge in [0.2, 0.25) is 0 Å². The van der Waals surface area contributed by atoms with Crippen LogP contribution in [0.25, 0.3) is 6.08 Å². The average Bonchev–Trinajstić information content (AvgIpc) is 2.97. The van der Waals surface area contributed by atoms with Crippen molar-refractivity contribution in [2.45, 2.75) is 19.6 Å². The number of rotatable bonds is 7. The molecule has 0 aromatic heterocycles. The van der Waals surface area contributed by atoms with Crippen LogP contribution in [-0.4, -0.2) is 41.1 Å². The van der Waals surface area contributed by atoms with E-state index >= 15 is 0 Å². The molecule has 1 heterocycles. The second-order valence-electron chi connectivity index (χ2n) is 6.48. The molecule has 0 bridgehead atoms. The number of amides is 3. The number of carbonyl (C=O) groups excluding carboxylic acids is 2. The lowest BCUT2D eigenvalue weighted by molar-refractivity contribution is -0.144. The Labute approximate surface area is 171 Å². The lowest BCUT2D eigenvalue weighted by atomic mass is 10.1. The van der Waals surface area contributed by atoms with Crippen molar-refractivity contribution < 1.29 is 33.4 Å². The first-order valence-corrected chi connectivity index (χ1v) is 8.95. The summed E-state index contributed by atoms with van der Waals surface area (Å²) in [6, 6.07) is 9.86. The largest absolute Gasteiger partial charge is 0.493 e. The van der Waals surface area contributed by atoms with E-state index in [4.69, 9.17) is 14.6 Å². The van der Waals surface area contributed by atoms with Crippen LogP contribution in [0.15, 0.2) is 48.2 Å². The third kappa shape index (κ3) is 4.40. The topological polar surface area (TPSA) is 105 Å². The van der Waals surface area contributed by atoms with E-state index in [0.717, 1.165) is 4.90 Å². The molecule has 2 aromatic rings. The van der Waals surface area contributed by atoms with Gasteiger partial charge in [0.1, 0.15) is 11.5 Å². The van der Waals surface area contributed by atoms with Crippen LogP contribution in [0, 0.1) is 5.82 Å². The molecule has 30 heavy (non-hydrogen) atoms. The van der Waals surface area contributed by atoms with Gasteiger partial charge < -0.3 is 19.9 Å². The summed E-state index contributed by atoms with van der Waals surface area (Å²) >= 11 is 0. The molecule has 8 nitrogen and oxygen atoms in total. The Morgan fingerprint density at radius 1 is 1.23 bits per heavy atom. The van der Waals surface area contributed by atoms with Crippen molar-refractivity contribution in [3.63, 3.8) is 0 Å². The number of benzene rings is 2. The van der Waals surface area contributed by atoms with Crippen molar-refractivity contribution in [1.29, 1.82) is 0 Å². The van der Waals surface area contributed by atoms with E-state index in [0.29, 0.717) is 5.56 Å². The van der Waals surface area contributed by atoms with Crippen molar-refractivity contribution in [3.8, 4) is 11.5 Å². The van der Waals surface area contributed by atoms with E-state index in [-0.39, 0.29) is 29.3 Å². The van der Waals surface area contributed by atoms with Crippen molar-refractivity contribution in [2.24, 2.45) is 0 Å². The van der Waals surface area contributed by atoms with Gasteiger partial charge in [-0.15, -0.1) is 0 Å². The van der Waals surface area contributed by atoms with E-state index in [1.54, 1.807) is 12.1 Å². The third-order valence-electron chi connectivity index (χ3n) is 4.40. The summed E-state index contributed by atoms with van der Waals surface area (Å²) in [7, 11) is 1.39. The summed E-state index contributed by atoms with van der Waals surface area (Å²) in [6.07, 6.45) is 0.361. The van der Waals surface area contributed by atoms with Gasteiger partial charge in [0.05, 0.1) is 13.7 Å². The maximum Gasteiger partial charge on any atom is 0.344 e. The van der Waals surface area contributed by atoms with E-state index in [9.17, 15) is 18.8 Å². The molecule has 0 aliphatic carbocycles. The molecule has 156 valence electrons. The Balaban J connectivity index is 1.81. The van der Waals surface area contributed by atoms with Crippen LogP contribution in [0.1, 0.15) is 18.1 Å². The van der Waals surface area contributed by atoms with Crippen molar-refractivity contribution >= 4 is 24.0 Å². The van der Waals surface area contributed by atoms with Crippen LogP contribution in [0.3, 0.4) is 0 Å². The Morgan fingerprint density at radius 2 is 1.97 bits per heavy atom. The van der Waals surface area contributed by atoms with Crippen LogP contribution in [0.4, 0.5) is 9.18 Å². The molecule has 3 rings (SSSR count). The summed E-state index contributed by atoms with van der Waals surface area (Å²) in [6.45, 7) is 1.19. The number of halogens is 1. The van der Waals surface area contributed by atoms with Crippen LogP contribution >= 0.6 is 0 Å². The summed E-state index contributed by atoms with van der Waals surface area (Å²) in [5.74, 6) is -1.75. The molecular formula is C21H19FN2O6. The highest BCUT2D eigenvalue weighted by Crippen LogP contribution is 2.30. The number of imide groups is 1. The second kappa shape index (κ2) is 8.64. The number of carboxylic acids is 1. The van der Waals surface area contributed by atoms with Gasteiger partial charge in [0, 0.05) is 5.56 Å². The van der Waals surface area contributed by atoms with Crippen LogP contribution in [0.5, 0.6) is 11.5 Å². The molecule has 2 N–H and O–H groups in total. The highest BCUT2D eigenvalue weighted by atomic mass is 19.1. The zero-order valence-electron chi connectivity index (χ0n) is 16.2. The quantitative estimate of drug-likeness (QED) is 0.533. The number of hydrogen-bond acceptors (Lipinski definition) is 5. The average molecular weight is 414 g/mol. The highest BCUT2D eigenvalue weighted by molar-refractivity contribution is 6.13. The van der Waals surface area contributed by atoms with E-state index in [1.165, 1.54) is 50.4 Å². The number of carboxylic acid groups (broad SMARTS) is 1. The highest BCUT2D eigenvalue weighted by Gasteiger charge is 2.34. The van der Waals surface area contributed by atoms with Crippen molar-refractivity contribution in [3.05, 3.63) is 65.1 Å². The fourth-order valence-electron chi connectivity index (χ4n) is 2.79. The van der Waals surface area contributed by atoms with Crippen molar-refractivity contribution in [1.82, 2.24) is 10.2 Å². The Kier molecular flexibility index (Phi) is 6.01. The number of nitrogens with one attached hydrogen (secondary N) is 1. The number of urea groups is 1. The molecule has 3 amide bonds. The fourth-order valence-corrected chi connectivity index (χ4v) is 2.79. The molecule has 9 heteroatoms. The van der Waals surface area contributed by atoms with Crippen LogP contribution in [0.2, 0.25) is 0 Å². The van der Waals surface area contributed by atoms with Gasteiger partial charge in [-0.3, -0.25) is 9.69 Å². The molecule has 0 unspecified atom stereocenters. The molecule has 1 aliphatic rings. The zero-order chi connectivity index (χ0) is 21.8. The zero-order valence-corrected chi connectivity index (χ0v) is 16.2. The maximum absolute atomic E-state index is 13.9. The lowest BCUT2D eigenvalue weighted by Gasteiger charge is -2.14. The normalized spacial score (nSPS) is 15.8. The first-order chi connectivity index (χ1) is 14.3. The van der Waals surface area contributed by atoms with Gasteiger partial charge in [-0.05, 0) is 36.8 Å². The SMILES string of the molecule is COc1cc(/C=C2/NC(=O)N(Cc3ccccc3F)C2=O)ccc1O[C@@H](C)C(=O)O. The minimum absolute atomic E-state index is 0.0194. The number of methoxy groups -OCH3 is 1. The predicted octanol–water partition coefficient (Wildman–Crippen LogP) is 2.78. The van der Waals surface area contributed by atoms with E-state index in [1.807, 2.05) is 0 Å². The second-order valence-corrected chi connectivity index (χ2v) is 6.48. The number of hydrogen-bond donors (Lipinski definition) is 2. The van der Waals surface area contributed by atoms with Gasteiger partial charge in [-0.2, -0.15) is 0 Å². The predicted molar refractivity (Wildman–Crippen MR) is 104 cm³/mol. The number of carbonyl (C=O) groups is 3. The first-order valence-electron chi connectivity index (χ1n) is 8.95. The summed E-state index contributed by atoms with van der Waals surface area (Å²) in [5, 5.41) is 11.4. The smallest absolute Gasteiger partial charge is 0.344 e. The first kappa shape index (κ1) is 20.8. The monoisotopic (exact) mass is 414 g/mol. The Hall–Kier alpha value is -3.88. The standard InChI is InChI=1S/C21H19FN2O6/c1-12(20(26)27)30-17-8-7-13(10-18(17)29-2)9-16-19(25)24(21(28)23-16)11-14-5-3-4-6-15(14)22/h3-10,12H,11H2,1-2H3,(H,23,28)(H,26,27)/b16-9+/t12-/m0/s1. The van der Waals surface area contributed by atoms with Gasteiger partial charge in [0.15, 0.2) is 17.6 Å². The lowest BCUT2D eigenvalue weighted by Crippen LogP contribution is -2.30. The maximum atomic E-state index is 13.9. The summed E-state index contributed by atoms with van der Waals surface area (Å²) in [5.41, 5.74) is 0.752. The van der Waals surface area contributed by atoms with Crippen LogP contribution in [-0.2, 0) is 16.1 Å². The minimum atomic E-state index is -1.13. The number of nitrogens with zero attached hydrogens (tertiary/aromatic N) is 1. The summed E-state index contributed by atoms with van der Waals surface area (Å²) < 4.78 is 24.4. The molecule has 1 atom stereocenters. The molecular weight excluding hydrogens is 395 g/mol. The molecule has 0 spiro atoms. The number of ether oxygens (including phenoxy) is 2. The van der Waals surface area contributed by atoms with E-state index in [2.05, 4.69) is 5.32 Å². The molecule has 1 saturated heterocycles. The van der Waals surface area contributed by atoms with Crippen molar-refractivity contribution in [2.75, 3.05) is 7.11 Å². The Morgan fingerprint density at radius 3 is 2.63 bits per heavy atom. The van der Waals surface area contributed by atoms with Gasteiger partial charge >= 0.3 is 12.0 Å². The third-order valence-corrected chi connectivity index (χ3v) is 4.40. The fraction of sp³-hybridized carbons (Fsp3) is 0.190. The Bertz CT molecular complexity index is 1040. The van der Waals surface area contributed by atoms with E-state index < -0.39 is 29.8 Å². The van der Waals surface area contributed by atoms with Crippen LogP contribution < -0.4 is 14.8 Å².